The molecule has 1 aromatic rings. The van der Waals surface area contributed by atoms with E-state index in [1.165, 1.54) is 32.1 Å². The molecular formula is C17H26N2O. The minimum Gasteiger partial charge on any atom is -0.362 e. The first-order valence-corrected chi connectivity index (χ1v) is 7.78. The molecule has 1 amide bonds. The van der Waals surface area contributed by atoms with E-state index in [1.807, 2.05) is 30.1 Å². The van der Waals surface area contributed by atoms with Gasteiger partial charge in [0.25, 0.3) is 0 Å². The molecule has 0 aromatic heterocycles. The van der Waals surface area contributed by atoms with Crippen LogP contribution in [0.3, 0.4) is 0 Å². The first kappa shape index (κ1) is 14.9. The molecule has 3 nitrogen and oxygen atoms in total. The van der Waals surface area contributed by atoms with Crippen LogP contribution in [0.1, 0.15) is 39.0 Å². The van der Waals surface area contributed by atoms with Crippen molar-refractivity contribution in [3.63, 3.8) is 0 Å². The lowest BCUT2D eigenvalue weighted by Crippen LogP contribution is -2.44. The predicted molar refractivity (Wildman–Crippen MR) is 84.0 cm³/mol. The summed E-state index contributed by atoms with van der Waals surface area (Å²) >= 11 is 0. The number of benzene rings is 1. The van der Waals surface area contributed by atoms with Gasteiger partial charge >= 0.3 is 0 Å². The molecule has 3 heteroatoms. The summed E-state index contributed by atoms with van der Waals surface area (Å²) in [6.45, 7) is 3.43. The molecule has 2 rings (SSSR count). The molecule has 1 aliphatic rings. The number of anilines is 1. The zero-order valence-electron chi connectivity index (χ0n) is 12.7. The molecule has 0 heterocycles. The fraction of sp³-hybridized carbons (Fsp3) is 0.588. The molecule has 0 N–H and O–H groups in total. The van der Waals surface area contributed by atoms with Crippen LogP contribution in [0.2, 0.25) is 0 Å². The summed E-state index contributed by atoms with van der Waals surface area (Å²) in [5.74, 6) is 0.239. The normalized spacial score (nSPS) is 15.9. The molecular weight excluding hydrogens is 248 g/mol. The summed E-state index contributed by atoms with van der Waals surface area (Å²) < 4.78 is 0. The van der Waals surface area contributed by atoms with Crippen LogP contribution in [0.25, 0.3) is 0 Å². The molecule has 0 aliphatic heterocycles. The van der Waals surface area contributed by atoms with E-state index in [4.69, 9.17) is 0 Å². The third-order valence-electron chi connectivity index (χ3n) is 4.34. The van der Waals surface area contributed by atoms with Crippen molar-refractivity contribution in [3.05, 3.63) is 30.3 Å². The summed E-state index contributed by atoms with van der Waals surface area (Å²) in [6.07, 6.45) is 6.18. The van der Waals surface area contributed by atoms with Gasteiger partial charge in [-0.15, -0.1) is 0 Å². The first-order chi connectivity index (χ1) is 9.72. The van der Waals surface area contributed by atoms with Crippen molar-refractivity contribution >= 4 is 11.6 Å². The largest absolute Gasteiger partial charge is 0.362 e. The molecule has 1 saturated carbocycles. The van der Waals surface area contributed by atoms with Crippen LogP contribution < -0.4 is 4.90 Å². The van der Waals surface area contributed by atoms with Crippen LogP contribution in [0, 0.1) is 0 Å². The van der Waals surface area contributed by atoms with Crippen molar-refractivity contribution in [2.75, 3.05) is 25.0 Å². The van der Waals surface area contributed by atoms with Gasteiger partial charge in [0.2, 0.25) is 5.91 Å². The average Bonchev–Trinajstić information content (AvgIpc) is 2.53. The van der Waals surface area contributed by atoms with Crippen molar-refractivity contribution in [3.8, 4) is 0 Å². The number of amides is 1. The summed E-state index contributed by atoms with van der Waals surface area (Å²) in [7, 11) is 1.97. The lowest BCUT2D eigenvalue weighted by atomic mass is 9.94. The van der Waals surface area contributed by atoms with Crippen LogP contribution in [-0.4, -0.2) is 37.0 Å². The van der Waals surface area contributed by atoms with E-state index in [0.717, 1.165) is 12.2 Å². The molecule has 0 unspecified atom stereocenters. The smallest absolute Gasteiger partial charge is 0.242 e. The zero-order chi connectivity index (χ0) is 14.4. The number of carbonyl (C=O) groups excluding carboxylic acids is 1. The number of nitrogens with zero attached hydrogens (tertiary/aromatic N) is 2. The van der Waals surface area contributed by atoms with Crippen molar-refractivity contribution in [1.82, 2.24) is 4.90 Å². The number of likely N-dealkylation sites (N-methyl/N-ethyl adjacent to an activating group) is 2. The molecule has 0 atom stereocenters. The molecule has 0 radical (unpaired) electrons. The molecule has 110 valence electrons. The Bertz CT molecular complexity index is 412. The van der Waals surface area contributed by atoms with Crippen molar-refractivity contribution < 1.29 is 4.79 Å². The minimum absolute atomic E-state index is 0.239. The molecule has 1 aliphatic carbocycles. The highest BCUT2D eigenvalue weighted by Crippen LogP contribution is 2.22. The third kappa shape index (κ3) is 3.75. The standard InChI is InChI=1S/C17H26N2O/c1-3-19(16-12-8-5-9-13-16)14-17(20)18(2)15-10-6-4-7-11-15/h5,8-9,12-13,15H,3-4,6-7,10-11,14H2,1-2H3. The van der Waals surface area contributed by atoms with Crippen LogP contribution in [0.5, 0.6) is 0 Å². The lowest BCUT2D eigenvalue weighted by Gasteiger charge is -2.33. The van der Waals surface area contributed by atoms with Gasteiger partial charge in [-0.25, -0.2) is 0 Å². The number of carbonyl (C=O) groups is 1. The molecule has 0 spiro atoms. The van der Waals surface area contributed by atoms with Gasteiger partial charge in [-0.2, -0.15) is 0 Å². The highest BCUT2D eigenvalue weighted by atomic mass is 16.2. The average molecular weight is 274 g/mol. The maximum absolute atomic E-state index is 12.5. The predicted octanol–water partition coefficient (Wildman–Crippen LogP) is 3.30. The minimum atomic E-state index is 0.239. The van der Waals surface area contributed by atoms with Gasteiger partial charge in [0.05, 0.1) is 6.54 Å². The summed E-state index contributed by atoms with van der Waals surface area (Å²) in [5, 5.41) is 0. The van der Waals surface area contributed by atoms with Crippen LogP contribution in [0.15, 0.2) is 30.3 Å². The monoisotopic (exact) mass is 274 g/mol. The molecule has 1 aromatic carbocycles. The lowest BCUT2D eigenvalue weighted by molar-refractivity contribution is -0.131. The quantitative estimate of drug-likeness (QED) is 0.822. The molecule has 0 saturated heterocycles. The summed E-state index contributed by atoms with van der Waals surface area (Å²) in [4.78, 5) is 16.6. The Kier molecular flexibility index (Phi) is 5.45. The second-order valence-corrected chi connectivity index (χ2v) is 5.65. The number of para-hydroxylation sites is 1. The highest BCUT2D eigenvalue weighted by Gasteiger charge is 2.23. The van der Waals surface area contributed by atoms with E-state index in [-0.39, 0.29) is 5.91 Å². The zero-order valence-corrected chi connectivity index (χ0v) is 12.7. The Morgan fingerprint density at radius 3 is 2.40 bits per heavy atom. The van der Waals surface area contributed by atoms with Crippen LogP contribution in [-0.2, 0) is 4.79 Å². The number of hydrogen-bond acceptors (Lipinski definition) is 2. The fourth-order valence-corrected chi connectivity index (χ4v) is 2.97. The number of hydrogen-bond donors (Lipinski definition) is 0. The summed E-state index contributed by atoms with van der Waals surface area (Å²) in [6, 6.07) is 10.6. The highest BCUT2D eigenvalue weighted by molar-refractivity contribution is 5.81. The van der Waals surface area contributed by atoms with Gasteiger partial charge in [-0.3, -0.25) is 4.79 Å². The van der Waals surface area contributed by atoms with Crippen LogP contribution in [0.4, 0.5) is 5.69 Å². The second-order valence-electron chi connectivity index (χ2n) is 5.65. The van der Waals surface area contributed by atoms with Gasteiger partial charge in [0.1, 0.15) is 0 Å². The SMILES string of the molecule is CCN(CC(=O)N(C)C1CCCCC1)c1ccccc1. The van der Waals surface area contributed by atoms with Crippen molar-refractivity contribution in [2.45, 2.75) is 45.1 Å². The topological polar surface area (TPSA) is 23.6 Å². The van der Waals surface area contributed by atoms with Gasteiger partial charge in [0.15, 0.2) is 0 Å². The Hall–Kier alpha value is -1.51. The van der Waals surface area contributed by atoms with E-state index < -0.39 is 0 Å². The van der Waals surface area contributed by atoms with Gasteiger partial charge in [0, 0.05) is 25.3 Å². The van der Waals surface area contributed by atoms with Gasteiger partial charge in [-0.1, -0.05) is 37.5 Å². The maximum atomic E-state index is 12.5. The Morgan fingerprint density at radius 1 is 1.15 bits per heavy atom. The van der Waals surface area contributed by atoms with Gasteiger partial charge in [-0.05, 0) is 31.9 Å². The van der Waals surface area contributed by atoms with Crippen LogP contribution >= 0.6 is 0 Å². The van der Waals surface area contributed by atoms with E-state index in [1.54, 1.807) is 0 Å². The summed E-state index contributed by atoms with van der Waals surface area (Å²) in [5.41, 5.74) is 1.13. The Labute approximate surface area is 122 Å². The maximum Gasteiger partial charge on any atom is 0.242 e. The van der Waals surface area contributed by atoms with E-state index in [0.29, 0.717) is 12.6 Å². The Balaban J connectivity index is 1.94. The number of rotatable bonds is 5. The van der Waals surface area contributed by atoms with E-state index >= 15 is 0 Å². The second kappa shape index (κ2) is 7.32. The fourth-order valence-electron chi connectivity index (χ4n) is 2.97. The van der Waals surface area contributed by atoms with Crippen molar-refractivity contribution in [1.29, 1.82) is 0 Å². The molecule has 1 fully saturated rings. The first-order valence-electron chi connectivity index (χ1n) is 7.78. The van der Waals surface area contributed by atoms with E-state index in [9.17, 15) is 4.79 Å². The van der Waals surface area contributed by atoms with E-state index in [2.05, 4.69) is 24.0 Å². The van der Waals surface area contributed by atoms with Gasteiger partial charge < -0.3 is 9.80 Å². The van der Waals surface area contributed by atoms with Crippen molar-refractivity contribution in [2.24, 2.45) is 0 Å². The molecule has 20 heavy (non-hydrogen) atoms. The molecule has 0 bridgehead atoms. The Morgan fingerprint density at radius 2 is 1.80 bits per heavy atom. The third-order valence-corrected chi connectivity index (χ3v) is 4.34.